The summed E-state index contributed by atoms with van der Waals surface area (Å²) in [5, 5.41) is 5.25. The normalized spacial score (nSPS) is 11.0. The summed E-state index contributed by atoms with van der Waals surface area (Å²) in [7, 11) is 0. The number of anilines is 1. The minimum absolute atomic E-state index is 0.0213. The van der Waals surface area contributed by atoms with Crippen LogP contribution in [0.4, 0.5) is 5.13 Å². The molecule has 0 aliphatic heterocycles. The van der Waals surface area contributed by atoms with Gasteiger partial charge in [-0.15, -0.1) is 11.3 Å². The van der Waals surface area contributed by atoms with Gasteiger partial charge in [-0.05, 0) is 30.6 Å². The Labute approximate surface area is 140 Å². The molecule has 0 aliphatic rings. The quantitative estimate of drug-likeness (QED) is 0.667. The fourth-order valence-corrected chi connectivity index (χ4v) is 3.30. The van der Waals surface area contributed by atoms with Crippen LogP contribution in [-0.2, 0) is 4.79 Å². The molecular weight excluding hydrogens is 334 g/mol. The predicted molar refractivity (Wildman–Crippen MR) is 94.2 cm³/mol. The number of benzene rings is 1. The molecule has 0 unspecified atom stereocenters. The van der Waals surface area contributed by atoms with E-state index in [1.54, 1.807) is 23.9 Å². The Kier molecular flexibility index (Phi) is 4.82. The summed E-state index contributed by atoms with van der Waals surface area (Å²) in [4.78, 5) is 30.0. The number of hydrogen-bond acceptors (Lipinski definition) is 6. The van der Waals surface area contributed by atoms with Gasteiger partial charge in [0.05, 0.1) is 11.2 Å². The molecule has 1 amide bonds. The SMILES string of the molecule is CSCCCC(=O)Nc1nc(-c2ccc3[nH]c(=O)oc3c2)cs1. The third kappa shape index (κ3) is 3.83. The summed E-state index contributed by atoms with van der Waals surface area (Å²) in [5.74, 6) is 0.471. The Morgan fingerprint density at radius 3 is 3.17 bits per heavy atom. The number of amides is 1. The molecule has 0 radical (unpaired) electrons. The molecule has 2 heterocycles. The van der Waals surface area contributed by atoms with Crippen LogP contribution >= 0.6 is 23.1 Å². The third-order valence-electron chi connectivity index (χ3n) is 3.22. The molecule has 3 aromatic rings. The number of thiazole rings is 1. The zero-order valence-electron chi connectivity index (χ0n) is 12.4. The van der Waals surface area contributed by atoms with Crippen LogP contribution in [-0.4, -0.2) is 27.9 Å². The molecule has 2 N–H and O–H groups in total. The van der Waals surface area contributed by atoms with Gasteiger partial charge in [-0.2, -0.15) is 11.8 Å². The largest absolute Gasteiger partial charge is 0.417 e. The highest BCUT2D eigenvalue weighted by atomic mass is 32.2. The van der Waals surface area contributed by atoms with Crippen molar-refractivity contribution in [1.29, 1.82) is 0 Å². The minimum atomic E-state index is -0.478. The number of carbonyl (C=O) groups is 1. The van der Waals surface area contributed by atoms with Crippen LogP contribution in [0.15, 0.2) is 32.8 Å². The van der Waals surface area contributed by atoms with Crippen molar-refractivity contribution in [2.75, 3.05) is 17.3 Å². The summed E-state index contributed by atoms with van der Waals surface area (Å²) >= 11 is 3.10. The van der Waals surface area contributed by atoms with E-state index in [1.165, 1.54) is 11.3 Å². The Balaban J connectivity index is 1.72. The molecule has 0 fully saturated rings. The highest BCUT2D eigenvalue weighted by Gasteiger charge is 2.10. The maximum absolute atomic E-state index is 11.8. The molecule has 3 rings (SSSR count). The van der Waals surface area contributed by atoms with Crippen molar-refractivity contribution in [3.8, 4) is 11.3 Å². The number of aromatic amines is 1. The van der Waals surface area contributed by atoms with Crippen LogP contribution in [0.25, 0.3) is 22.4 Å². The third-order valence-corrected chi connectivity index (χ3v) is 4.67. The van der Waals surface area contributed by atoms with Crippen molar-refractivity contribution >= 4 is 45.2 Å². The number of oxazole rings is 1. The summed E-state index contributed by atoms with van der Waals surface area (Å²) in [6, 6.07) is 5.38. The lowest BCUT2D eigenvalue weighted by atomic mass is 10.1. The standard InChI is InChI=1S/C15H15N3O3S2/c1-22-6-2-3-13(19)18-14-16-11(8-23-14)9-4-5-10-12(7-9)21-15(20)17-10/h4-5,7-8H,2-3,6H2,1H3,(H,17,20)(H,16,18,19). The fraction of sp³-hybridized carbons (Fsp3) is 0.267. The van der Waals surface area contributed by atoms with E-state index >= 15 is 0 Å². The summed E-state index contributed by atoms with van der Waals surface area (Å²) in [6.45, 7) is 0. The van der Waals surface area contributed by atoms with E-state index in [9.17, 15) is 9.59 Å². The molecule has 0 saturated carbocycles. The van der Waals surface area contributed by atoms with Gasteiger partial charge in [0.1, 0.15) is 0 Å². The highest BCUT2D eigenvalue weighted by Crippen LogP contribution is 2.27. The zero-order valence-corrected chi connectivity index (χ0v) is 14.1. The number of nitrogens with zero attached hydrogens (tertiary/aromatic N) is 1. The van der Waals surface area contributed by atoms with Gasteiger partial charge in [0.25, 0.3) is 0 Å². The topological polar surface area (TPSA) is 88.0 Å². The second-order valence-electron chi connectivity index (χ2n) is 4.91. The lowest BCUT2D eigenvalue weighted by Crippen LogP contribution is -2.11. The second-order valence-corrected chi connectivity index (χ2v) is 6.75. The van der Waals surface area contributed by atoms with Crippen LogP contribution in [0.2, 0.25) is 0 Å². The molecule has 0 spiro atoms. The first-order valence-electron chi connectivity index (χ1n) is 7.03. The number of hydrogen-bond donors (Lipinski definition) is 2. The number of rotatable bonds is 6. The van der Waals surface area contributed by atoms with Crippen LogP contribution in [0.5, 0.6) is 0 Å². The first-order chi connectivity index (χ1) is 11.2. The van der Waals surface area contributed by atoms with Crippen molar-refractivity contribution in [2.45, 2.75) is 12.8 Å². The maximum Gasteiger partial charge on any atom is 0.417 e. The van der Waals surface area contributed by atoms with E-state index in [4.69, 9.17) is 4.42 Å². The number of fused-ring (bicyclic) bond motifs is 1. The van der Waals surface area contributed by atoms with E-state index in [-0.39, 0.29) is 5.91 Å². The maximum atomic E-state index is 11.8. The Morgan fingerprint density at radius 2 is 2.35 bits per heavy atom. The van der Waals surface area contributed by atoms with E-state index < -0.39 is 5.76 Å². The lowest BCUT2D eigenvalue weighted by Gasteiger charge is -2.00. The molecule has 2 aromatic heterocycles. The Morgan fingerprint density at radius 1 is 1.48 bits per heavy atom. The monoisotopic (exact) mass is 349 g/mol. The van der Waals surface area contributed by atoms with Gasteiger partial charge in [-0.25, -0.2) is 9.78 Å². The summed E-state index contributed by atoms with van der Waals surface area (Å²) in [5.41, 5.74) is 2.71. The van der Waals surface area contributed by atoms with E-state index in [0.29, 0.717) is 22.7 Å². The molecule has 6 nitrogen and oxygen atoms in total. The van der Waals surface area contributed by atoms with Crippen molar-refractivity contribution in [1.82, 2.24) is 9.97 Å². The number of H-pyrrole nitrogens is 1. The molecule has 0 atom stereocenters. The van der Waals surface area contributed by atoms with Crippen LogP contribution in [0.1, 0.15) is 12.8 Å². The predicted octanol–water partition coefficient (Wildman–Crippen LogP) is 3.33. The summed E-state index contributed by atoms with van der Waals surface area (Å²) < 4.78 is 5.05. The van der Waals surface area contributed by atoms with Crippen LogP contribution in [0, 0.1) is 0 Å². The van der Waals surface area contributed by atoms with E-state index in [2.05, 4.69) is 15.3 Å². The molecule has 0 saturated heterocycles. The number of thioether (sulfide) groups is 1. The van der Waals surface area contributed by atoms with Gasteiger partial charge >= 0.3 is 5.76 Å². The molecule has 1 aromatic carbocycles. The van der Waals surface area contributed by atoms with Crippen molar-refractivity contribution in [2.24, 2.45) is 0 Å². The first kappa shape index (κ1) is 15.8. The molecule has 8 heteroatoms. The number of aromatic nitrogens is 2. The molecule has 23 heavy (non-hydrogen) atoms. The van der Waals surface area contributed by atoms with Gasteiger partial charge < -0.3 is 9.73 Å². The van der Waals surface area contributed by atoms with Gasteiger partial charge in [-0.1, -0.05) is 6.07 Å². The molecule has 0 aliphatic carbocycles. The van der Waals surface area contributed by atoms with Crippen molar-refractivity contribution in [3.05, 3.63) is 34.1 Å². The average molecular weight is 349 g/mol. The van der Waals surface area contributed by atoms with Crippen LogP contribution in [0.3, 0.4) is 0 Å². The van der Waals surface area contributed by atoms with Crippen molar-refractivity contribution < 1.29 is 9.21 Å². The van der Waals surface area contributed by atoms with Crippen LogP contribution < -0.4 is 11.1 Å². The first-order valence-corrected chi connectivity index (χ1v) is 9.30. The van der Waals surface area contributed by atoms with E-state index in [0.717, 1.165) is 23.4 Å². The number of nitrogens with one attached hydrogen (secondary N) is 2. The molecular formula is C15H15N3O3S2. The van der Waals surface area contributed by atoms with Gasteiger partial charge in [0.2, 0.25) is 5.91 Å². The van der Waals surface area contributed by atoms with E-state index in [1.807, 2.05) is 17.7 Å². The van der Waals surface area contributed by atoms with Gasteiger partial charge in [0.15, 0.2) is 10.7 Å². The van der Waals surface area contributed by atoms with Crippen molar-refractivity contribution in [3.63, 3.8) is 0 Å². The number of carbonyl (C=O) groups excluding carboxylic acids is 1. The second kappa shape index (κ2) is 7.01. The fourth-order valence-electron chi connectivity index (χ4n) is 2.13. The van der Waals surface area contributed by atoms with Gasteiger partial charge in [0, 0.05) is 17.4 Å². The lowest BCUT2D eigenvalue weighted by molar-refractivity contribution is -0.116. The summed E-state index contributed by atoms with van der Waals surface area (Å²) in [6.07, 6.45) is 3.37. The minimum Gasteiger partial charge on any atom is -0.408 e. The molecule has 0 bridgehead atoms. The zero-order chi connectivity index (χ0) is 16.2. The Hall–Kier alpha value is -2.06. The van der Waals surface area contributed by atoms with Gasteiger partial charge in [-0.3, -0.25) is 9.78 Å². The highest BCUT2D eigenvalue weighted by molar-refractivity contribution is 7.98. The average Bonchev–Trinajstić information content (AvgIpc) is 3.12. The smallest absolute Gasteiger partial charge is 0.408 e. The molecule has 120 valence electrons. The Bertz CT molecular complexity index is 881.